The number of rotatable bonds is 3. The van der Waals surface area contributed by atoms with Gasteiger partial charge < -0.3 is 10.5 Å². The number of benzene rings is 1. The second-order valence-corrected chi connectivity index (χ2v) is 5.56. The minimum atomic E-state index is -0.260. The van der Waals surface area contributed by atoms with Gasteiger partial charge in [0, 0.05) is 25.2 Å². The van der Waals surface area contributed by atoms with E-state index in [9.17, 15) is 4.39 Å². The van der Waals surface area contributed by atoms with E-state index < -0.39 is 0 Å². The highest BCUT2D eigenvalue weighted by Gasteiger charge is 2.23. The maximum atomic E-state index is 13.4. The molecule has 3 nitrogen and oxygen atoms in total. The Balaban J connectivity index is 2.18. The van der Waals surface area contributed by atoms with E-state index in [1.807, 2.05) is 13.8 Å². The first-order chi connectivity index (χ1) is 8.95. The molecule has 1 heterocycles. The molecule has 2 rings (SSSR count). The van der Waals surface area contributed by atoms with Crippen molar-refractivity contribution in [2.24, 2.45) is 5.73 Å². The van der Waals surface area contributed by atoms with Crippen molar-refractivity contribution in [3.63, 3.8) is 0 Å². The van der Waals surface area contributed by atoms with Crippen molar-refractivity contribution in [1.29, 1.82) is 0 Å². The standard InChI is InChI=1S/C14H19FN2OS/c1-9-6-17(7-10(2)18-9)8-11-5-12(15)3-4-13(11)14(16)19/h3-5,9-10H,6-8H2,1-2H3,(H2,16,19)/t9-,10+. The Bertz CT molecular complexity index is 471. The summed E-state index contributed by atoms with van der Waals surface area (Å²) in [5.74, 6) is -0.260. The molecule has 1 aromatic carbocycles. The zero-order chi connectivity index (χ0) is 14.0. The lowest BCUT2D eigenvalue weighted by Crippen LogP contribution is -2.45. The topological polar surface area (TPSA) is 38.5 Å². The number of thiocarbonyl (C=S) groups is 1. The molecule has 0 spiro atoms. The van der Waals surface area contributed by atoms with E-state index in [4.69, 9.17) is 22.7 Å². The number of halogens is 1. The lowest BCUT2D eigenvalue weighted by Gasteiger charge is -2.35. The van der Waals surface area contributed by atoms with Crippen molar-refractivity contribution in [3.05, 3.63) is 35.1 Å². The second kappa shape index (κ2) is 5.94. The molecule has 5 heteroatoms. The van der Waals surface area contributed by atoms with E-state index in [0.717, 1.165) is 24.2 Å². The van der Waals surface area contributed by atoms with Crippen LogP contribution in [0.3, 0.4) is 0 Å². The average molecular weight is 282 g/mol. The number of nitrogens with zero attached hydrogens (tertiary/aromatic N) is 1. The molecule has 0 aliphatic carbocycles. The lowest BCUT2D eigenvalue weighted by atomic mass is 10.1. The van der Waals surface area contributed by atoms with Crippen molar-refractivity contribution in [2.75, 3.05) is 13.1 Å². The second-order valence-electron chi connectivity index (χ2n) is 5.12. The number of hydrogen-bond donors (Lipinski definition) is 1. The van der Waals surface area contributed by atoms with Gasteiger partial charge in [-0.15, -0.1) is 0 Å². The van der Waals surface area contributed by atoms with Crippen LogP contribution in [0.4, 0.5) is 4.39 Å². The molecule has 1 aliphatic rings. The van der Waals surface area contributed by atoms with Crippen LogP contribution in [-0.4, -0.2) is 35.2 Å². The van der Waals surface area contributed by atoms with Crippen LogP contribution in [0.25, 0.3) is 0 Å². The largest absolute Gasteiger partial charge is 0.389 e. The highest BCUT2D eigenvalue weighted by molar-refractivity contribution is 7.80. The van der Waals surface area contributed by atoms with Gasteiger partial charge in [-0.05, 0) is 37.6 Å². The Morgan fingerprint density at radius 2 is 2.05 bits per heavy atom. The zero-order valence-electron chi connectivity index (χ0n) is 11.2. The highest BCUT2D eigenvalue weighted by atomic mass is 32.1. The summed E-state index contributed by atoms with van der Waals surface area (Å²) in [4.78, 5) is 2.56. The lowest BCUT2D eigenvalue weighted by molar-refractivity contribution is -0.0705. The van der Waals surface area contributed by atoms with Gasteiger partial charge in [-0.2, -0.15) is 0 Å². The van der Waals surface area contributed by atoms with Crippen molar-refractivity contribution < 1.29 is 9.13 Å². The van der Waals surface area contributed by atoms with Gasteiger partial charge in [0.2, 0.25) is 0 Å². The van der Waals surface area contributed by atoms with Gasteiger partial charge in [-0.3, -0.25) is 4.90 Å². The molecule has 0 radical (unpaired) electrons. The maximum absolute atomic E-state index is 13.4. The Hall–Kier alpha value is -1.04. The van der Waals surface area contributed by atoms with Crippen LogP contribution in [0, 0.1) is 5.82 Å². The van der Waals surface area contributed by atoms with E-state index in [1.54, 1.807) is 6.07 Å². The minimum absolute atomic E-state index is 0.186. The molecule has 0 bridgehead atoms. The van der Waals surface area contributed by atoms with Gasteiger partial charge in [0.25, 0.3) is 0 Å². The summed E-state index contributed by atoms with van der Waals surface area (Å²) in [5, 5.41) is 0. The van der Waals surface area contributed by atoms with Crippen LogP contribution >= 0.6 is 12.2 Å². The Kier molecular flexibility index (Phi) is 4.50. The molecule has 0 aromatic heterocycles. The van der Waals surface area contributed by atoms with E-state index >= 15 is 0 Å². The van der Waals surface area contributed by atoms with Gasteiger partial charge in [-0.25, -0.2) is 4.39 Å². The van der Waals surface area contributed by atoms with Gasteiger partial charge in [0.1, 0.15) is 10.8 Å². The molecular weight excluding hydrogens is 263 g/mol. The van der Waals surface area contributed by atoms with Crippen molar-refractivity contribution in [3.8, 4) is 0 Å². The molecular formula is C14H19FN2OS. The number of hydrogen-bond acceptors (Lipinski definition) is 3. The number of nitrogens with two attached hydrogens (primary N) is 1. The third-order valence-electron chi connectivity index (χ3n) is 3.22. The zero-order valence-corrected chi connectivity index (χ0v) is 12.0. The van der Waals surface area contributed by atoms with Gasteiger partial charge >= 0.3 is 0 Å². The van der Waals surface area contributed by atoms with Crippen LogP contribution in [0.15, 0.2) is 18.2 Å². The molecule has 2 atom stereocenters. The average Bonchev–Trinajstić information content (AvgIpc) is 2.26. The summed E-state index contributed by atoms with van der Waals surface area (Å²) in [6, 6.07) is 4.56. The van der Waals surface area contributed by atoms with E-state index in [1.165, 1.54) is 12.1 Å². The highest BCUT2D eigenvalue weighted by Crippen LogP contribution is 2.18. The van der Waals surface area contributed by atoms with Crippen molar-refractivity contribution in [2.45, 2.75) is 32.6 Å². The monoisotopic (exact) mass is 282 g/mol. The van der Waals surface area contributed by atoms with Crippen LogP contribution in [0.5, 0.6) is 0 Å². The molecule has 0 unspecified atom stereocenters. The molecule has 1 aromatic rings. The van der Waals surface area contributed by atoms with Crippen LogP contribution in [0.2, 0.25) is 0 Å². The number of ether oxygens (including phenoxy) is 1. The normalized spacial score (nSPS) is 24.4. The first kappa shape index (κ1) is 14.4. The Morgan fingerprint density at radius 1 is 1.42 bits per heavy atom. The summed E-state index contributed by atoms with van der Waals surface area (Å²) >= 11 is 5.02. The Labute approximate surface area is 118 Å². The first-order valence-corrected chi connectivity index (χ1v) is 6.82. The van der Waals surface area contributed by atoms with Crippen LogP contribution < -0.4 is 5.73 Å². The first-order valence-electron chi connectivity index (χ1n) is 6.41. The third-order valence-corrected chi connectivity index (χ3v) is 3.44. The predicted octanol–water partition coefficient (Wildman–Crippen LogP) is 2.07. The molecule has 2 N–H and O–H groups in total. The molecule has 0 saturated carbocycles. The van der Waals surface area contributed by atoms with E-state index in [2.05, 4.69) is 4.90 Å². The smallest absolute Gasteiger partial charge is 0.123 e. The van der Waals surface area contributed by atoms with E-state index in [-0.39, 0.29) is 18.0 Å². The van der Waals surface area contributed by atoms with Crippen molar-refractivity contribution >= 4 is 17.2 Å². The predicted molar refractivity (Wildman–Crippen MR) is 77.6 cm³/mol. The SMILES string of the molecule is C[C@@H]1CN(Cc2cc(F)ccc2C(N)=S)C[C@H](C)O1. The van der Waals surface area contributed by atoms with Gasteiger partial charge in [0.15, 0.2) is 0 Å². The molecule has 0 amide bonds. The summed E-state index contributed by atoms with van der Waals surface area (Å²) < 4.78 is 19.1. The number of morpholine rings is 1. The summed E-state index contributed by atoms with van der Waals surface area (Å²) in [5.41, 5.74) is 7.28. The summed E-state index contributed by atoms with van der Waals surface area (Å²) in [6.45, 7) is 6.39. The summed E-state index contributed by atoms with van der Waals surface area (Å²) in [6.07, 6.45) is 0.371. The third kappa shape index (κ3) is 3.72. The molecule has 104 valence electrons. The van der Waals surface area contributed by atoms with Gasteiger partial charge in [0.05, 0.1) is 12.2 Å². The van der Waals surface area contributed by atoms with Crippen molar-refractivity contribution in [1.82, 2.24) is 4.90 Å². The fourth-order valence-electron chi connectivity index (χ4n) is 2.59. The maximum Gasteiger partial charge on any atom is 0.123 e. The quantitative estimate of drug-likeness (QED) is 0.861. The minimum Gasteiger partial charge on any atom is -0.389 e. The van der Waals surface area contributed by atoms with E-state index in [0.29, 0.717) is 11.5 Å². The Morgan fingerprint density at radius 3 is 2.63 bits per heavy atom. The summed E-state index contributed by atoms with van der Waals surface area (Å²) in [7, 11) is 0. The molecule has 1 fully saturated rings. The molecule has 1 aliphatic heterocycles. The molecule has 1 saturated heterocycles. The van der Waals surface area contributed by atoms with Gasteiger partial charge in [-0.1, -0.05) is 12.2 Å². The molecule has 19 heavy (non-hydrogen) atoms. The fourth-order valence-corrected chi connectivity index (χ4v) is 2.79. The van der Waals surface area contributed by atoms with Crippen LogP contribution in [0.1, 0.15) is 25.0 Å². The van der Waals surface area contributed by atoms with Crippen LogP contribution in [-0.2, 0) is 11.3 Å². The fraction of sp³-hybridized carbons (Fsp3) is 0.500.